The number of hydrogen-bond acceptors (Lipinski definition) is 4. The Morgan fingerprint density at radius 1 is 1.57 bits per heavy atom. The lowest BCUT2D eigenvalue weighted by Gasteiger charge is -2.05. The molecule has 74 valence electrons. The maximum atomic E-state index is 5.33. The summed E-state index contributed by atoms with van der Waals surface area (Å²) in [6.07, 6.45) is 7.51. The normalized spacial score (nSPS) is 9.14. The number of aromatic nitrogens is 2. The van der Waals surface area contributed by atoms with Crippen LogP contribution in [0.2, 0.25) is 0 Å². The van der Waals surface area contributed by atoms with Crippen LogP contribution < -0.4 is 10.1 Å². The van der Waals surface area contributed by atoms with E-state index < -0.39 is 0 Å². The van der Waals surface area contributed by atoms with E-state index in [0.717, 1.165) is 6.42 Å². The maximum absolute atomic E-state index is 5.33. The zero-order valence-electron chi connectivity index (χ0n) is 8.16. The van der Waals surface area contributed by atoms with E-state index in [9.17, 15) is 0 Å². The van der Waals surface area contributed by atoms with Crippen LogP contribution in [0.1, 0.15) is 13.3 Å². The Labute approximate surface area is 83.7 Å². The Balaban J connectivity index is 2.55. The van der Waals surface area contributed by atoms with Gasteiger partial charge in [0.25, 0.3) is 0 Å². The van der Waals surface area contributed by atoms with Crippen molar-refractivity contribution in [3.63, 3.8) is 0 Å². The lowest BCUT2D eigenvalue weighted by molar-refractivity contribution is 0.305. The first-order valence-electron chi connectivity index (χ1n) is 4.49. The van der Waals surface area contributed by atoms with E-state index in [1.165, 1.54) is 6.33 Å². The highest BCUT2D eigenvalue weighted by molar-refractivity contribution is 5.38. The van der Waals surface area contributed by atoms with Crippen molar-refractivity contribution in [3.05, 3.63) is 12.4 Å². The molecular weight excluding hydrogens is 178 g/mol. The lowest BCUT2D eigenvalue weighted by Crippen LogP contribution is -2.03. The van der Waals surface area contributed by atoms with Crippen LogP contribution in [0.5, 0.6) is 5.88 Å². The number of hydrogen-bond donors (Lipinski definition) is 1. The molecule has 0 aliphatic heterocycles. The first-order chi connectivity index (χ1) is 6.86. The summed E-state index contributed by atoms with van der Waals surface area (Å²) >= 11 is 0. The second-order valence-electron chi connectivity index (χ2n) is 2.65. The molecule has 0 bridgehead atoms. The van der Waals surface area contributed by atoms with Gasteiger partial charge in [0.15, 0.2) is 0 Å². The third-order valence-electron chi connectivity index (χ3n) is 1.47. The summed E-state index contributed by atoms with van der Waals surface area (Å²) < 4.78 is 5.33. The maximum Gasteiger partial charge on any atom is 0.218 e. The first-order valence-corrected chi connectivity index (χ1v) is 4.49. The Kier molecular flexibility index (Phi) is 4.29. The number of rotatable bonds is 5. The van der Waals surface area contributed by atoms with Crippen molar-refractivity contribution in [2.24, 2.45) is 0 Å². The van der Waals surface area contributed by atoms with Gasteiger partial charge in [-0.25, -0.2) is 9.97 Å². The van der Waals surface area contributed by atoms with Gasteiger partial charge in [-0.05, 0) is 6.42 Å². The molecule has 4 heteroatoms. The first kappa shape index (κ1) is 10.3. The summed E-state index contributed by atoms with van der Waals surface area (Å²) in [7, 11) is 0. The van der Waals surface area contributed by atoms with Crippen molar-refractivity contribution in [3.8, 4) is 18.2 Å². The molecular formula is C10H13N3O. The second-order valence-corrected chi connectivity index (χ2v) is 2.65. The largest absolute Gasteiger partial charge is 0.478 e. The van der Waals surface area contributed by atoms with E-state index in [2.05, 4.69) is 21.2 Å². The Hall–Kier alpha value is -1.76. The second kappa shape index (κ2) is 5.81. The molecule has 0 saturated carbocycles. The molecule has 0 amide bonds. The minimum Gasteiger partial charge on any atom is -0.478 e. The fourth-order valence-corrected chi connectivity index (χ4v) is 0.863. The van der Waals surface area contributed by atoms with Crippen LogP contribution in [0.3, 0.4) is 0 Å². The third-order valence-corrected chi connectivity index (χ3v) is 1.47. The number of anilines is 1. The molecule has 14 heavy (non-hydrogen) atoms. The van der Waals surface area contributed by atoms with E-state index in [4.69, 9.17) is 11.2 Å². The average molecular weight is 191 g/mol. The van der Waals surface area contributed by atoms with Gasteiger partial charge in [0, 0.05) is 6.07 Å². The number of nitrogens with one attached hydrogen (secondary N) is 1. The highest BCUT2D eigenvalue weighted by Gasteiger charge is 1.97. The van der Waals surface area contributed by atoms with Gasteiger partial charge >= 0.3 is 0 Å². The van der Waals surface area contributed by atoms with Gasteiger partial charge in [-0.15, -0.1) is 6.42 Å². The molecule has 0 unspecified atom stereocenters. The molecule has 0 spiro atoms. The lowest BCUT2D eigenvalue weighted by atomic mass is 10.5. The molecule has 0 fully saturated rings. The van der Waals surface area contributed by atoms with Gasteiger partial charge in [0.1, 0.15) is 12.1 Å². The fourth-order valence-electron chi connectivity index (χ4n) is 0.863. The molecule has 0 atom stereocenters. The Bertz CT molecular complexity index is 319. The van der Waals surface area contributed by atoms with E-state index in [1.807, 2.05) is 6.92 Å². The molecule has 1 aromatic heterocycles. The molecule has 0 radical (unpaired) electrons. The predicted molar refractivity (Wildman–Crippen MR) is 55.1 cm³/mol. The third kappa shape index (κ3) is 3.31. The summed E-state index contributed by atoms with van der Waals surface area (Å²) in [5, 5.41) is 2.94. The molecule has 1 aromatic rings. The topological polar surface area (TPSA) is 47.0 Å². The Morgan fingerprint density at radius 3 is 3.14 bits per heavy atom. The summed E-state index contributed by atoms with van der Waals surface area (Å²) in [5.41, 5.74) is 0. The molecule has 0 aliphatic carbocycles. The summed E-state index contributed by atoms with van der Waals surface area (Å²) in [6, 6.07) is 1.73. The number of nitrogens with zero attached hydrogens (tertiary/aromatic N) is 2. The SMILES string of the molecule is C#CCNc1cc(OCCC)ncn1. The van der Waals surface area contributed by atoms with Crippen molar-refractivity contribution in [1.29, 1.82) is 0 Å². The summed E-state index contributed by atoms with van der Waals surface area (Å²) in [4.78, 5) is 7.95. The van der Waals surface area contributed by atoms with Crippen molar-refractivity contribution in [2.45, 2.75) is 13.3 Å². The van der Waals surface area contributed by atoms with Gasteiger partial charge in [0.05, 0.1) is 13.2 Å². The van der Waals surface area contributed by atoms with E-state index in [-0.39, 0.29) is 0 Å². The Morgan fingerprint density at radius 2 is 2.43 bits per heavy atom. The number of ether oxygens (including phenoxy) is 1. The highest BCUT2D eigenvalue weighted by atomic mass is 16.5. The summed E-state index contributed by atoms with van der Waals surface area (Å²) in [6.45, 7) is 3.15. The standard InChI is InChI=1S/C10H13N3O/c1-3-5-11-9-7-10(13-8-12-9)14-6-4-2/h1,7-8H,4-6H2,2H3,(H,11,12,13). The van der Waals surface area contributed by atoms with Gasteiger partial charge in [-0.1, -0.05) is 12.8 Å². The van der Waals surface area contributed by atoms with Gasteiger partial charge in [0.2, 0.25) is 5.88 Å². The van der Waals surface area contributed by atoms with Crippen LogP contribution in [0.25, 0.3) is 0 Å². The van der Waals surface area contributed by atoms with E-state index in [1.54, 1.807) is 6.07 Å². The van der Waals surface area contributed by atoms with Crippen LogP contribution in [0.4, 0.5) is 5.82 Å². The van der Waals surface area contributed by atoms with Crippen LogP contribution >= 0.6 is 0 Å². The zero-order chi connectivity index (χ0) is 10.2. The van der Waals surface area contributed by atoms with Crippen molar-refractivity contribution in [1.82, 2.24) is 9.97 Å². The highest BCUT2D eigenvalue weighted by Crippen LogP contribution is 2.10. The van der Waals surface area contributed by atoms with Crippen LogP contribution in [0.15, 0.2) is 12.4 Å². The zero-order valence-corrected chi connectivity index (χ0v) is 8.16. The minimum absolute atomic E-state index is 0.449. The molecule has 0 saturated heterocycles. The fraction of sp³-hybridized carbons (Fsp3) is 0.400. The summed E-state index contributed by atoms with van der Waals surface area (Å²) in [5.74, 6) is 3.72. The van der Waals surface area contributed by atoms with Crippen LogP contribution in [0, 0.1) is 12.3 Å². The molecule has 1 heterocycles. The predicted octanol–water partition coefficient (Wildman–Crippen LogP) is 1.31. The van der Waals surface area contributed by atoms with E-state index >= 15 is 0 Å². The molecule has 0 aliphatic rings. The van der Waals surface area contributed by atoms with Gasteiger partial charge in [-0.3, -0.25) is 0 Å². The molecule has 0 aromatic carbocycles. The average Bonchev–Trinajstić information content (AvgIpc) is 2.24. The molecule has 1 rings (SSSR count). The van der Waals surface area contributed by atoms with Crippen molar-refractivity contribution in [2.75, 3.05) is 18.5 Å². The van der Waals surface area contributed by atoms with Crippen LogP contribution in [-0.4, -0.2) is 23.1 Å². The van der Waals surface area contributed by atoms with E-state index in [0.29, 0.717) is 24.8 Å². The quantitative estimate of drug-likeness (QED) is 0.713. The van der Waals surface area contributed by atoms with Crippen LogP contribution in [-0.2, 0) is 0 Å². The van der Waals surface area contributed by atoms with Gasteiger partial charge < -0.3 is 10.1 Å². The smallest absolute Gasteiger partial charge is 0.218 e. The van der Waals surface area contributed by atoms with Crippen molar-refractivity contribution >= 4 is 5.82 Å². The number of terminal acetylenes is 1. The molecule has 4 nitrogen and oxygen atoms in total. The van der Waals surface area contributed by atoms with Crippen molar-refractivity contribution < 1.29 is 4.74 Å². The minimum atomic E-state index is 0.449. The molecule has 1 N–H and O–H groups in total. The monoisotopic (exact) mass is 191 g/mol. The van der Waals surface area contributed by atoms with Gasteiger partial charge in [-0.2, -0.15) is 0 Å².